The fraction of sp³-hybridized carbons (Fsp3) is 0.444. The minimum absolute atomic E-state index is 0.0736. The van der Waals surface area contributed by atoms with Crippen LogP contribution in [-0.2, 0) is 16.6 Å². The van der Waals surface area contributed by atoms with Gasteiger partial charge in [0.1, 0.15) is 26.5 Å². The molecule has 2 fully saturated rings. The summed E-state index contributed by atoms with van der Waals surface area (Å²) in [5.41, 5.74) is 0.836. The van der Waals surface area contributed by atoms with E-state index in [9.17, 15) is 8.42 Å². The molecule has 2 unspecified atom stereocenters. The highest BCUT2D eigenvalue weighted by Crippen LogP contribution is 2.65. The Morgan fingerprint density at radius 3 is 2.51 bits per heavy atom. The molecule has 0 amide bonds. The van der Waals surface area contributed by atoms with E-state index in [2.05, 4.69) is 15.2 Å². The molecule has 2 aromatic carbocycles. The number of nitrogens with zero attached hydrogens (tertiary/aromatic N) is 3. The van der Waals surface area contributed by atoms with Crippen LogP contribution in [0.3, 0.4) is 0 Å². The average molecular weight is 664 g/mol. The Balaban J connectivity index is 1.46. The van der Waals surface area contributed by atoms with Gasteiger partial charge in [-0.1, -0.05) is 11.6 Å². The molecule has 0 saturated heterocycles. The lowest BCUT2D eigenvalue weighted by atomic mass is 9.89. The van der Waals surface area contributed by atoms with Crippen molar-refractivity contribution in [2.24, 2.45) is 11.8 Å². The van der Waals surface area contributed by atoms with Gasteiger partial charge in [0.2, 0.25) is 0 Å². The second kappa shape index (κ2) is 11.6. The third-order valence-electron chi connectivity index (χ3n) is 7.87. The number of hydrogen-bond donors (Lipinski definition) is 1. The van der Waals surface area contributed by atoms with Crippen LogP contribution >= 0.6 is 46.1 Å². The van der Waals surface area contributed by atoms with Gasteiger partial charge in [-0.3, -0.25) is 0 Å². The van der Waals surface area contributed by atoms with Crippen molar-refractivity contribution in [3.8, 4) is 11.5 Å². The zero-order valence-electron chi connectivity index (χ0n) is 22.8. The number of methoxy groups -OCH3 is 2. The minimum atomic E-state index is -4.44. The summed E-state index contributed by atoms with van der Waals surface area (Å²) >= 11 is 20.7. The van der Waals surface area contributed by atoms with Gasteiger partial charge in [-0.05, 0) is 63.0 Å². The molecular formula is C27H30Cl3FN4O4S2. The van der Waals surface area contributed by atoms with Gasteiger partial charge < -0.3 is 19.7 Å². The third kappa shape index (κ3) is 5.81. The van der Waals surface area contributed by atoms with E-state index in [1.807, 2.05) is 14.1 Å². The van der Waals surface area contributed by atoms with Crippen molar-refractivity contribution in [2.75, 3.05) is 37.9 Å². The van der Waals surface area contributed by atoms with E-state index in [1.54, 1.807) is 23.6 Å². The summed E-state index contributed by atoms with van der Waals surface area (Å²) in [5, 5.41) is 5.23. The molecule has 0 bridgehead atoms. The summed E-state index contributed by atoms with van der Waals surface area (Å²) < 4.78 is 54.6. The van der Waals surface area contributed by atoms with Crippen LogP contribution in [0.5, 0.6) is 11.5 Å². The number of aromatic nitrogens is 1. The van der Waals surface area contributed by atoms with E-state index in [4.69, 9.17) is 44.3 Å². The van der Waals surface area contributed by atoms with Gasteiger partial charge in [-0.25, -0.2) is 22.1 Å². The summed E-state index contributed by atoms with van der Waals surface area (Å²) in [7, 11) is 2.49. The van der Waals surface area contributed by atoms with Gasteiger partial charge in [0, 0.05) is 35.3 Å². The molecule has 14 heteroatoms. The van der Waals surface area contributed by atoms with Crippen molar-refractivity contribution in [1.29, 1.82) is 0 Å². The standard InChI is InChI=1S/C27H30Cl3FN4O4S2/c1-34(2)23-11-18-17(27(18,29)30)10-22(23)33-21-13-20(31)25(12-19(21)28)41(36,37)35(26-32-7-8-40-26)14-15-5-6-16(38-3)9-24(15)39-4/h5-9,12-13,17-18,22-23,33H,10-11,14H2,1-4H3/t17?,18-,22?,23-/m0/s1. The van der Waals surface area contributed by atoms with E-state index in [1.165, 1.54) is 20.4 Å². The molecular weight excluding hydrogens is 634 g/mol. The summed E-state index contributed by atoms with van der Waals surface area (Å²) in [4.78, 5) is 5.71. The van der Waals surface area contributed by atoms with Gasteiger partial charge >= 0.3 is 0 Å². The molecule has 3 aromatic rings. The molecule has 222 valence electrons. The smallest absolute Gasteiger partial charge is 0.269 e. The Bertz CT molecular complexity index is 1520. The number of ether oxygens (including phenoxy) is 2. The molecule has 5 rings (SSSR count). The van der Waals surface area contributed by atoms with Crippen molar-refractivity contribution in [2.45, 2.75) is 40.7 Å². The minimum Gasteiger partial charge on any atom is -0.497 e. The molecule has 1 aromatic heterocycles. The van der Waals surface area contributed by atoms with Crippen LogP contribution in [0.1, 0.15) is 18.4 Å². The van der Waals surface area contributed by atoms with Crippen LogP contribution < -0.4 is 19.1 Å². The maximum Gasteiger partial charge on any atom is 0.269 e. The Hall–Kier alpha value is -2.02. The van der Waals surface area contributed by atoms with Gasteiger partial charge in [0.15, 0.2) is 5.13 Å². The second-order valence-corrected chi connectivity index (χ2v) is 15.0. The largest absolute Gasteiger partial charge is 0.497 e. The van der Waals surface area contributed by atoms with Crippen LogP contribution in [0.15, 0.2) is 46.8 Å². The molecule has 1 heterocycles. The molecule has 2 saturated carbocycles. The normalized spacial score (nSPS) is 23.1. The number of alkyl halides is 2. The summed E-state index contributed by atoms with van der Waals surface area (Å²) in [5.74, 6) is 0.356. The van der Waals surface area contributed by atoms with Crippen molar-refractivity contribution < 1.29 is 22.3 Å². The molecule has 8 nitrogen and oxygen atoms in total. The number of anilines is 2. The zero-order chi connectivity index (χ0) is 29.7. The monoisotopic (exact) mass is 662 g/mol. The van der Waals surface area contributed by atoms with Crippen LogP contribution in [0.4, 0.5) is 15.2 Å². The predicted octanol–water partition coefficient (Wildman–Crippen LogP) is 6.27. The average Bonchev–Trinajstić information content (AvgIpc) is 3.24. The summed E-state index contributed by atoms with van der Waals surface area (Å²) in [6, 6.07) is 7.27. The molecule has 0 aliphatic heterocycles. The van der Waals surface area contributed by atoms with Crippen molar-refractivity contribution in [3.63, 3.8) is 0 Å². The van der Waals surface area contributed by atoms with Crippen molar-refractivity contribution in [3.05, 3.63) is 58.3 Å². The molecule has 2 aliphatic carbocycles. The number of likely N-dealkylation sites (N-methyl/N-ethyl adjacent to an activating group) is 1. The quantitative estimate of drug-likeness (QED) is 0.256. The van der Waals surface area contributed by atoms with E-state index in [0.717, 1.165) is 34.2 Å². The molecule has 4 atom stereocenters. The lowest BCUT2D eigenvalue weighted by Gasteiger charge is -2.36. The summed E-state index contributed by atoms with van der Waals surface area (Å²) in [6.45, 7) is -0.159. The number of hydrogen-bond acceptors (Lipinski definition) is 8. The number of rotatable bonds is 10. The lowest BCUT2D eigenvalue weighted by molar-refractivity contribution is 0.204. The molecule has 2 aliphatic rings. The van der Waals surface area contributed by atoms with Crippen LogP contribution in [-0.4, -0.2) is 63.0 Å². The maximum absolute atomic E-state index is 15.7. The van der Waals surface area contributed by atoms with Crippen LogP contribution in [0, 0.1) is 17.7 Å². The molecule has 1 N–H and O–H groups in total. The predicted molar refractivity (Wildman–Crippen MR) is 162 cm³/mol. The van der Waals surface area contributed by atoms with Gasteiger partial charge in [-0.2, -0.15) is 0 Å². The first-order valence-electron chi connectivity index (χ1n) is 12.8. The molecule has 41 heavy (non-hydrogen) atoms. The highest BCUT2D eigenvalue weighted by Gasteiger charge is 2.66. The molecule has 0 radical (unpaired) electrons. The first-order valence-corrected chi connectivity index (χ1v) is 16.3. The van der Waals surface area contributed by atoms with E-state index in [0.29, 0.717) is 29.2 Å². The fourth-order valence-corrected chi connectivity index (χ4v) is 9.04. The number of fused-ring (bicyclic) bond motifs is 1. The Morgan fingerprint density at radius 2 is 1.88 bits per heavy atom. The summed E-state index contributed by atoms with van der Waals surface area (Å²) in [6.07, 6.45) is 2.95. The van der Waals surface area contributed by atoms with Crippen LogP contribution in [0.25, 0.3) is 0 Å². The van der Waals surface area contributed by atoms with Gasteiger partial charge in [0.25, 0.3) is 10.0 Å². The van der Waals surface area contributed by atoms with E-state index >= 15 is 4.39 Å². The van der Waals surface area contributed by atoms with Gasteiger partial charge in [-0.15, -0.1) is 34.5 Å². The lowest BCUT2D eigenvalue weighted by Crippen LogP contribution is -2.46. The fourth-order valence-electron chi connectivity index (χ4n) is 5.57. The van der Waals surface area contributed by atoms with Gasteiger partial charge in [0.05, 0.1) is 31.5 Å². The number of thiazole rings is 1. The first-order chi connectivity index (χ1) is 19.4. The maximum atomic E-state index is 15.7. The second-order valence-electron chi connectivity index (χ2n) is 10.4. The number of benzene rings is 2. The van der Waals surface area contributed by atoms with Crippen molar-refractivity contribution in [1.82, 2.24) is 9.88 Å². The number of halogens is 4. The van der Waals surface area contributed by atoms with E-state index in [-0.39, 0.29) is 40.6 Å². The SMILES string of the molecule is COc1ccc(CN(c2nccs2)S(=O)(=O)c2cc(Cl)c(NC3CC4[C@H](C[C@@H]3N(C)C)C4(Cl)Cl)cc2F)c(OC)c1. The Kier molecular flexibility index (Phi) is 8.59. The number of sulfonamides is 1. The molecule has 0 spiro atoms. The van der Waals surface area contributed by atoms with Crippen molar-refractivity contribution >= 4 is 67.0 Å². The highest BCUT2D eigenvalue weighted by atomic mass is 35.5. The first kappa shape index (κ1) is 30.4. The Morgan fingerprint density at radius 1 is 1.15 bits per heavy atom. The Labute approximate surface area is 258 Å². The highest BCUT2D eigenvalue weighted by molar-refractivity contribution is 7.93. The van der Waals surface area contributed by atoms with E-state index < -0.39 is 25.1 Å². The zero-order valence-corrected chi connectivity index (χ0v) is 26.7. The topological polar surface area (TPSA) is 84.0 Å². The van der Waals surface area contributed by atoms with Crippen LogP contribution in [0.2, 0.25) is 5.02 Å². The number of nitrogens with one attached hydrogen (secondary N) is 1. The third-order valence-corrected chi connectivity index (χ3v) is 12.0.